The fourth-order valence-corrected chi connectivity index (χ4v) is 4.17. The zero-order chi connectivity index (χ0) is 16.6. The van der Waals surface area contributed by atoms with Crippen molar-refractivity contribution in [3.8, 4) is 0 Å². The molecule has 2 aliphatic rings. The van der Waals surface area contributed by atoms with E-state index in [0.717, 1.165) is 27.1 Å². The second-order valence-electron chi connectivity index (χ2n) is 6.59. The normalized spacial score (nSPS) is 27.8. The van der Waals surface area contributed by atoms with Crippen LogP contribution in [-0.2, 0) is 0 Å². The minimum Gasteiger partial charge on any atom is -0.386 e. The molecular weight excluding hydrogens is 304 g/mol. The summed E-state index contributed by atoms with van der Waals surface area (Å²) in [5.41, 5.74) is 2.79. The number of hydrogen-bond donors (Lipinski definition) is 4. The van der Waals surface area contributed by atoms with Crippen molar-refractivity contribution in [2.24, 2.45) is 0 Å². The highest BCUT2D eigenvalue weighted by atomic mass is 16.3. The van der Waals surface area contributed by atoms with Gasteiger partial charge >= 0.3 is 0 Å². The van der Waals surface area contributed by atoms with E-state index < -0.39 is 24.4 Å². The molecule has 0 heterocycles. The van der Waals surface area contributed by atoms with Crippen molar-refractivity contribution in [3.05, 3.63) is 64.7 Å². The number of rotatable bonds is 0. The number of benzene rings is 3. The Bertz CT molecular complexity index is 1040. The maximum absolute atomic E-state index is 10.6. The summed E-state index contributed by atoms with van der Waals surface area (Å²) in [5.74, 6) is 0. The standard InChI is InChI=1S/C20H16O4/c21-14-7-5-10-8-13-17-11(16(10)20(14)24)6-4-9-2-1-3-12(15(9)17)18(22)19(13)23/h1-8,14,18-24H/t14-,18-,19-,20+/m1/s1. The lowest BCUT2D eigenvalue weighted by atomic mass is 9.78. The SMILES string of the molecule is O[C@@H]1C=Cc2cc3c4c(ccc5cccc(c54)[C@@H](O)[C@@H]3O)c2[C@H]1O. The van der Waals surface area contributed by atoms with Gasteiger partial charge in [0.15, 0.2) is 0 Å². The molecule has 0 saturated heterocycles. The van der Waals surface area contributed by atoms with E-state index in [1.807, 2.05) is 36.4 Å². The van der Waals surface area contributed by atoms with Gasteiger partial charge in [-0.05, 0) is 49.9 Å². The Balaban J connectivity index is 2.03. The summed E-state index contributed by atoms with van der Waals surface area (Å²) >= 11 is 0. The van der Waals surface area contributed by atoms with Crippen LogP contribution in [-0.4, -0.2) is 26.5 Å². The molecule has 0 bridgehead atoms. The van der Waals surface area contributed by atoms with E-state index in [1.165, 1.54) is 0 Å². The van der Waals surface area contributed by atoms with E-state index in [2.05, 4.69) is 0 Å². The summed E-state index contributed by atoms with van der Waals surface area (Å²) in [6.45, 7) is 0. The first-order chi connectivity index (χ1) is 11.6. The number of fused-ring (bicyclic) bond motifs is 2. The molecule has 4 N–H and O–H groups in total. The molecule has 5 rings (SSSR count). The lowest BCUT2D eigenvalue weighted by Gasteiger charge is -2.31. The Morgan fingerprint density at radius 1 is 0.750 bits per heavy atom. The molecule has 0 saturated carbocycles. The monoisotopic (exact) mass is 320 g/mol. The Morgan fingerprint density at radius 2 is 1.54 bits per heavy atom. The van der Waals surface area contributed by atoms with E-state index in [0.29, 0.717) is 16.7 Å². The van der Waals surface area contributed by atoms with E-state index in [1.54, 1.807) is 12.2 Å². The lowest BCUT2D eigenvalue weighted by molar-refractivity contribution is 0.0177. The largest absolute Gasteiger partial charge is 0.386 e. The molecule has 0 radical (unpaired) electrons. The zero-order valence-electron chi connectivity index (χ0n) is 12.7. The fraction of sp³-hybridized carbons (Fsp3) is 0.200. The summed E-state index contributed by atoms with van der Waals surface area (Å²) in [6.07, 6.45) is -0.650. The molecule has 3 aromatic carbocycles. The molecular formula is C20H16O4. The summed E-state index contributed by atoms with van der Waals surface area (Å²) in [5, 5.41) is 45.2. The molecule has 0 spiro atoms. The van der Waals surface area contributed by atoms with Crippen molar-refractivity contribution in [2.45, 2.75) is 24.4 Å². The second-order valence-corrected chi connectivity index (χ2v) is 6.59. The van der Waals surface area contributed by atoms with Gasteiger partial charge in [-0.3, -0.25) is 0 Å². The summed E-state index contributed by atoms with van der Waals surface area (Å²) in [7, 11) is 0. The quantitative estimate of drug-likeness (QED) is 0.480. The van der Waals surface area contributed by atoms with Gasteiger partial charge in [0.2, 0.25) is 0 Å². The average Bonchev–Trinajstić information content (AvgIpc) is 2.60. The third-order valence-corrected chi connectivity index (χ3v) is 5.31. The minimum absolute atomic E-state index is 0.661. The molecule has 120 valence electrons. The van der Waals surface area contributed by atoms with Gasteiger partial charge in [-0.25, -0.2) is 0 Å². The maximum atomic E-state index is 10.6. The van der Waals surface area contributed by atoms with E-state index in [-0.39, 0.29) is 0 Å². The van der Waals surface area contributed by atoms with Gasteiger partial charge in [-0.15, -0.1) is 0 Å². The van der Waals surface area contributed by atoms with Crippen molar-refractivity contribution in [1.82, 2.24) is 0 Å². The number of aliphatic hydroxyl groups excluding tert-OH is 4. The molecule has 4 heteroatoms. The Labute approximate surface area is 137 Å². The molecule has 4 atom stereocenters. The predicted octanol–water partition coefficient (Wildman–Crippen LogP) is 2.49. The van der Waals surface area contributed by atoms with Gasteiger partial charge in [-0.2, -0.15) is 0 Å². The van der Waals surface area contributed by atoms with Gasteiger partial charge in [0.1, 0.15) is 24.4 Å². The molecule has 0 aromatic heterocycles. The van der Waals surface area contributed by atoms with Crippen LogP contribution < -0.4 is 0 Å². The molecule has 3 aromatic rings. The van der Waals surface area contributed by atoms with Crippen molar-refractivity contribution >= 4 is 27.6 Å². The topological polar surface area (TPSA) is 80.9 Å². The lowest BCUT2D eigenvalue weighted by Crippen LogP contribution is -2.22. The van der Waals surface area contributed by atoms with Crippen LogP contribution in [0.1, 0.15) is 40.6 Å². The third-order valence-electron chi connectivity index (χ3n) is 5.31. The highest BCUT2D eigenvalue weighted by molar-refractivity contribution is 6.13. The molecule has 0 unspecified atom stereocenters. The molecule has 0 aliphatic heterocycles. The third kappa shape index (κ3) is 1.61. The van der Waals surface area contributed by atoms with Gasteiger partial charge in [0.05, 0.1) is 0 Å². The van der Waals surface area contributed by atoms with Crippen LogP contribution in [0.25, 0.3) is 27.6 Å². The van der Waals surface area contributed by atoms with Crippen LogP contribution in [0.15, 0.2) is 42.5 Å². The summed E-state index contributed by atoms with van der Waals surface area (Å²) < 4.78 is 0. The van der Waals surface area contributed by atoms with E-state index in [4.69, 9.17) is 0 Å². The van der Waals surface area contributed by atoms with E-state index in [9.17, 15) is 20.4 Å². The van der Waals surface area contributed by atoms with Crippen molar-refractivity contribution in [3.63, 3.8) is 0 Å². The van der Waals surface area contributed by atoms with Gasteiger partial charge < -0.3 is 20.4 Å². The highest BCUT2D eigenvalue weighted by Gasteiger charge is 2.33. The second kappa shape index (κ2) is 4.65. The molecule has 4 nitrogen and oxygen atoms in total. The zero-order valence-corrected chi connectivity index (χ0v) is 12.7. The first kappa shape index (κ1) is 14.1. The van der Waals surface area contributed by atoms with Crippen LogP contribution in [0.3, 0.4) is 0 Å². The number of aliphatic hydroxyl groups is 4. The van der Waals surface area contributed by atoms with E-state index >= 15 is 0 Å². The van der Waals surface area contributed by atoms with Gasteiger partial charge in [0, 0.05) is 0 Å². The smallest absolute Gasteiger partial charge is 0.110 e. The summed E-state index contributed by atoms with van der Waals surface area (Å²) in [6, 6.07) is 11.3. The van der Waals surface area contributed by atoms with Gasteiger partial charge in [-0.1, -0.05) is 42.5 Å². The van der Waals surface area contributed by atoms with Crippen LogP contribution >= 0.6 is 0 Å². The van der Waals surface area contributed by atoms with Crippen molar-refractivity contribution < 1.29 is 20.4 Å². The predicted molar refractivity (Wildman–Crippen MR) is 91.4 cm³/mol. The molecule has 0 fully saturated rings. The fourth-order valence-electron chi connectivity index (χ4n) is 4.17. The maximum Gasteiger partial charge on any atom is 0.110 e. The summed E-state index contributed by atoms with van der Waals surface area (Å²) in [4.78, 5) is 0. The van der Waals surface area contributed by atoms with Gasteiger partial charge in [0.25, 0.3) is 0 Å². The molecule has 24 heavy (non-hydrogen) atoms. The molecule has 0 amide bonds. The van der Waals surface area contributed by atoms with Crippen molar-refractivity contribution in [1.29, 1.82) is 0 Å². The first-order valence-electron chi connectivity index (χ1n) is 8.00. The van der Waals surface area contributed by atoms with Crippen LogP contribution in [0.2, 0.25) is 0 Å². The van der Waals surface area contributed by atoms with Crippen molar-refractivity contribution in [2.75, 3.05) is 0 Å². The Kier molecular flexibility index (Phi) is 2.74. The molecule has 2 aliphatic carbocycles. The van der Waals surface area contributed by atoms with Crippen LogP contribution in [0.4, 0.5) is 0 Å². The Morgan fingerprint density at radius 3 is 2.38 bits per heavy atom. The Hall–Kier alpha value is -2.24. The van der Waals surface area contributed by atoms with Crippen LogP contribution in [0, 0.1) is 0 Å². The minimum atomic E-state index is -1.02. The van der Waals surface area contributed by atoms with Crippen LogP contribution in [0.5, 0.6) is 0 Å². The highest BCUT2D eigenvalue weighted by Crippen LogP contribution is 2.48. The average molecular weight is 320 g/mol. The first-order valence-corrected chi connectivity index (χ1v) is 8.00. The number of hydrogen-bond acceptors (Lipinski definition) is 4.